The van der Waals surface area contributed by atoms with Crippen molar-refractivity contribution in [2.24, 2.45) is 0 Å². The Morgan fingerprint density at radius 3 is 2.78 bits per heavy atom. The van der Waals surface area contributed by atoms with Crippen molar-refractivity contribution >= 4 is 17.3 Å². The van der Waals surface area contributed by atoms with E-state index in [1.807, 2.05) is 36.4 Å². The number of aliphatic hydroxyl groups is 1. The molecule has 0 aliphatic heterocycles. The molecular weight excluding hydrogens is 248 g/mol. The molecule has 0 amide bonds. The van der Waals surface area contributed by atoms with Crippen molar-refractivity contribution in [2.75, 3.05) is 11.9 Å². The standard InChI is InChI=1S/C14H15ClN2O/c1-10(18)9-17-11-5-6-12(13(15)8-11)14-4-2-3-7-16-14/h2-8,10,17-18H,9H2,1H3/t10-/m1/s1. The van der Waals surface area contributed by atoms with E-state index in [1.165, 1.54) is 0 Å². The molecule has 0 spiro atoms. The lowest BCUT2D eigenvalue weighted by Crippen LogP contribution is -2.15. The summed E-state index contributed by atoms with van der Waals surface area (Å²) in [5, 5.41) is 13.0. The van der Waals surface area contributed by atoms with Gasteiger partial charge in [-0.3, -0.25) is 4.98 Å². The molecule has 0 unspecified atom stereocenters. The van der Waals surface area contributed by atoms with E-state index < -0.39 is 0 Å². The van der Waals surface area contributed by atoms with Gasteiger partial charge in [-0.1, -0.05) is 17.7 Å². The quantitative estimate of drug-likeness (QED) is 0.889. The minimum atomic E-state index is -0.390. The molecule has 0 aliphatic carbocycles. The van der Waals surface area contributed by atoms with E-state index >= 15 is 0 Å². The van der Waals surface area contributed by atoms with Crippen LogP contribution < -0.4 is 5.32 Å². The van der Waals surface area contributed by atoms with Gasteiger partial charge in [0.05, 0.1) is 16.8 Å². The van der Waals surface area contributed by atoms with Gasteiger partial charge in [0.1, 0.15) is 0 Å². The Hall–Kier alpha value is -1.58. The molecule has 0 saturated heterocycles. The number of hydrogen-bond donors (Lipinski definition) is 2. The number of pyridine rings is 1. The number of anilines is 1. The van der Waals surface area contributed by atoms with Crippen molar-refractivity contribution in [1.82, 2.24) is 4.98 Å². The highest BCUT2D eigenvalue weighted by molar-refractivity contribution is 6.33. The van der Waals surface area contributed by atoms with Gasteiger partial charge in [0.2, 0.25) is 0 Å². The smallest absolute Gasteiger partial charge is 0.0716 e. The summed E-state index contributed by atoms with van der Waals surface area (Å²) in [6.45, 7) is 2.23. The average Bonchev–Trinajstić information content (AvgIpc) is 2.37. The molecule has 18 heavy (non-hydrogen) atoms. The number of nitrogens with one attached hydrogen (secondary N) is 1. The van der Waals surface area contributed by atoms with Gasteiger partial charge in [-0.15, -0.1) is 0 Å². The molecule has 2 aromatic rings. The number of halogens is 1. The van der Waals surface area contributed by atoms with E-state index in [2.05, 4.69) is 10.3 Å². The Labute approximate surface area is 111 Å². The van der Waals surface area contributed by atoms with E-state index in [1.54, 1.807) is 13.1 Å². The van der Waals surface area contributed by atoms with Crippen LogP contribution in [0, 0.1) is 0 Å². The van der Waals surface area contributed by atoms with E-state index in [-0.39, 0.29) is 6.10 Å². The first-order chi connectivity index (χ1) is 8.66. The van der Waals surface area contributed by atoms with Gasteiger partial charge < -0.3 is 10.4 Å². The maximum atomic E-state index is 9.21. The zero-order valence-corrected chi connectivity index (χ0v) is 10.9. The molecule has 0 aliphatic rings. The lowest BCUT2D eigenvalue weighted by molar-refractivity contribution is 0.208. The summed E-state index contributed by atoms with van der Waals surface area (Å²) in [5.41, 5.74) is 2.64. The Bertz CT molecular complexity index is 514. The second-order valence-electron chi connectivity index (χ2n) is 4.14. The molecule has 4 heteroatoms. The van der Waals surface area contributed by atoms with E-state index in [0.717, 1.165) is 16.9 Å². The van der Waals surface area contributed by atoms with Crippen LogP contribution in [0.4, 0.5) is 5.69 Å². The van der Waals surface area contributed by atoms with Gasteiger partial charge in [0, 0.05) is 24.0 Å². The SMILES string of the molecule is C[C@@H](O)CNc1ccc(-c2ccccn2)c(Cl)c1. The number of rotatable bonds is 4. The fourth-order valence-electron chi connectivity index (χ4n) is 1.62. The van der Waals surface area contributed by atoms with Gasteiger partial charge in [0.15, 0.2) is 0 Å². The lowest BCUT2D eigenvalue weighted by Gasteiger charge is -2.10. The van der Waals surface area contributed by atoms with Crippen molar-refractivity contribution in [3.8, 4) is 11.3 Å². The molecule has 3 nitrogen and oxygen atoms in total. The molecule has 2 rings (SSSR count). The molecule has 94 valence electrons. The van der Waals surface area contributed by atoms with Gasteiger partial charge in [-0.2, -0.15) is 0 Å². The largest absolute Gasteiger partial charge is 0.392 e. The van der Waals surface area contributed by atoms with Crippen LogP contribution in [0.15, 0.2) is 42.6 Å². The van der Waals surface area contributed by atoms with Crippen LogP contribution in [0.25, 0.3) is 11.3 Å². The van der Waals surface area contributed by atoms with Gasteiger partial charge in [-0.25, -0.2) is 0 Å². The van der Waals surface area contributed by atoms with Crippen molar-refractivity contribution in [3.63, 3.8) is 0 Å². The van der Waals surface area contributed by atoms with Crippen LogP contribution in [-0.4, -0.2) is 22.7 Å². The van der Waals surface area contributed by atoms with Crippen molar-refractivity contribution in [2.45, 2.75) is 13.0 Å². The minimum absolute atomic E-state index is 0.390. The Balaban J connectivity index is 2.20. The molecule has 0 bridgehead atoms. The van der Waals surface area contributed by atoms with Crippen molar-refractivity contribution in [1.29, 1.82) is 0 Å². The van der Waals surface area contributed by atoms with Gasteiger partial charge in [0.25, 0.3) is 0 Å². The fourth-order valence-corrected chi connectivity index (χ4v) is 1.90. The average molecular weight is 263 g/mol. The Kier molecular flexibility index (Phi) is 4.18. The van der Waals surface area contributed by atoms with Crippen LogP contribution in [-0.2, 0) is 0 Å². The zero-order valence-electron chi connectivity index (χ0n) is 10.1. The molecule has 0 radical (unpaired) electrons. The van der Waals surface area contributed by atoms with Gasteiger partial charge in [-0.05, 0) is 37.3 Å². The van der Waals surface area contributed by atoms with E-state index in [4.69, 9.17) is 11.6 Å². The first kappa shape index (κ1) is 12.9. The predicted octanol–water partition coefficient (Wildman–Crippen LogP) is 3.19. The summed E-state index contributed by atoms with van der Waals surface area (Å²) in [6, 6.07) is 11.4. The molecule has 1 aromatic heterocycles. The molecule has 1 heterocycles. The topological polar surface area (TPSA) is 45.1 Å². The monoisotopic (exact) mass is 262 g/mol. The first-order valence-electron chi connectivity index (χ1n) is 5.79. The predicted molar refractivity (Wildman–Crippen MR) is 74.9 cm³/mol. The number of nitrogens with zero attached hydrogens (tertiary/aromatic N) is 1. The highest BCUT2D eigenvalue weighted by Gasteiger charge is 2.05. The second-order valence-corrected chi connectivity index (χ2v) is 4.55. The maximum absolute atomic E-state index is 9.21. The van der Waals surface area contributed by atoms with Crippen LogP contribution in [0.3, 0.4) is 0 Å². The summed E-state index contributed by atoms with van der Waals surface area (Å²) < 4.78 is 0. The Morgan fingerprint density at radius 2 is 2.17 bits per heavy atom. The highest BCUT2D eigenvalue weighted by atomic mass is 35.5. The van der Waals surface area contributed by atoms with Crippen LogP contribution in [0.5, 0.6) is 0 Å². The number of benzene rings is 1. The molecular formula is C14H15ClN2O. The highest BCUT2D eigenvalue weighted by Crippen LogP contribution is 2.28. The number of hydrogen-bond acceptors (Lipinski definition) is 3. The third-order valence-corrected chi connectivity index (χ3v) is 2.82. The second kappa shape index (κ2) is 5.85. The third-order valence-electron chi connectivity index (χ3n) is 2.51. The van der Waals surface area contributed by atoms with Crippen LogP contribution >= 0.6 is 11.6 Å². The molecule has 2 N–H and O–H groups in total. The van der Waals surface area contributed by atoms with E-state index in [0.29, 0.717) is 11.6 Å². The molecule has 0 saturated carbocycles. The molecule has 1 aromatic carbocycles. The van der Waals surface area contributed by atoms with Crippen molar-refractivity contribution < 1.29 is 5.11 Å². The zero-order chi connectivity index (χ0) is 13.0. The van der Waals surface area contributed by atoms with E-state index in [9.17, 15) is 5.11 Å². The fraction of sp³-hybridized carbons (Fsp3) is 0.214. The Morgan fingerprint density at radius 1 is 1.33 bits per heavy atom. The van der Waals surface area contributed by atoms with Crippen molar-refractivity contribution in [3.05, 3.63) is 47.6 Å². The van der Waals surface area contributed by atoms with Crippen LogP contribution in [0.1, 0.15) is 6.92 Å². The number of aromatic nitrogens is 1. The summed E-state index contributed by atoms with van der Waals surface area (Å²) in [5.74, 6) is 0. The number of aliphatic hydroxyl groups excluding tert-OH is 1. The maximum Gasteiger partial charge on any atom is 0.0716 e. The summed E-state index contributed by atoms with van der Waals surface area (Å²) >= 11 is 6.24. The molecule has 1 atom stereocenters. The summed E-state index contributed by atoms with van der Waals surface area (Å²) in [6.07, 6.45) is 1.35. The summed E-state index contributed by atoms with van der Waals surface area (Å²) in [7, 11) is 0. The normalized spacial score (nSPS) is 12.2. The molecule has 0 fully saturated rings. The summed E-state index contributed by atoms with van der Waals surface area (Å²) in [4.78, 5) is 4.27. The lowest BCUT2D eigenvalue weighted by atomic mass is 10.1. The minimum Gasteiger partial charge on any atom is -0.392 e. The third kappa shape index (κ3) is 3.22. The van der Waals surface area contributed by atoms with Gasteiger partial charge >= 0.3 is 0 Å². The first-order valence-corrected chi connectivity index (χ1v) is 6.17. The van der Waals surface area contributed by atoms with Crippen LogP contribution in [0.2, 0.25) is 5.02 Å².